The molecule has 112 valence electrons. The Hall–Kier alpha value is -1.53. The third-order valence-corrected chi connectivity index (χ3v) is 5.48. The molecule has 3 nitrogen and oxygen atoms in total. The van der Waals surface area contributed by atoms with Crippen LogP contribution in [-0.2, 0) is 12.0 Å². The van der Waals surface area contributed by atoms with Crippen LogP contribution < -0.4 is 4.74 Å². The van der Waals surface area contributed by atoms with E-state index in [4.69, 9.17) is 4.74 Å². The van der Waals surface area contributed by atoms with Crippen LogP contribution in [0.4, 0.5) is 0 Å². The molecule has 21 heavy (non-hydrogen) atoms. The molecule has 0 aliphatic heterocycles. The first-order valence-electron chi connectivity index (χ1n) is 7.96. The Kier molecular flexibility index (Phi) is 3.67. The normalized spacial score (nSPS) is 27.5. The zero-order valence-electron chi connectivity index (χ0n) is 12.7. The van der Waals surface area contributed by atoms with Gasteiger partial charge in [-0.2, -0.15) is 5.26 Å². The van der Waals surface area contributed by atoms with Crippen molar-refractivity contribution in [3.8, 4) is 11.8 Å². The molecule has 0 heterocycles. The summed E-state index contributed by atoms with van der Waals surface area (Å²) < 4.78 is 5.32. The first-order chi connectivity index (χ1) is 10.1. The summed E-state index contributed by atoms with van der Waals surface area (Å²) in [7, 11) is 1.64. The molecule has 0 bridgehead atoms. The number of nitriles is 1. The molecule has 0 saturated heterocycles. The van der Waals surface area contributed by atoms with Gasteiger partial charge in [0, 0.05) is 0 Å². The Balaban J connectivity index is 2.08. The van der Waals surface area contributed by atoms with E-state index in [1.165, 1.54) is 12.8 Å². The maximum absolute atomic E-state index is 11.5. The first kappa shape index (κ1) is 14.4. The second kappa shape index (κ2) is 5.35. The van der Waals surface area contributed by atoms with Gasteiger partial charge in [-0.15, -0.1) is 0 Å². The van der Waals surface area contributed by atoms with Gasteiger partial charge in [0.15, 0.2) is 0 Å². The Labute approximate surface area is 126 Å². The van der Waals surface area contributed by atoms with E-state index in [0.29, 0.717) is 6.42 Å². The molecule has 1 saturated carbocycles. The Morgan fingerprint density at radius 2 is 1.86 bits per heavy atom. The summed E-state index contributed by atoms with van der Waals surface area (Å²) >= 11 is 0. The van der Waals surface area contributed by atoms with E-state index >= 15 is 0 Å². The lowest BCUT2D eigenvalue weighted by Gasteiger charge is -2.40. The number of hydrogen-bond donors (Lipinski definition) is 1. The van der Waals surface area contributed by atoms with Crippen molar-refractivity contribution in [3.63, 3.8) is 0 Å². The van der Waals surface area contributed by atoms with Gasteiger partial charge in [-0.05, 0) is 48.9 Å². The van der Waals surface area contributed by atoms with Gasteiger partial charge < -0.3 is 9.84 Å². The highest BCUT2D eigenvalue weighted by Gasteiger charge is 2.54. The molecule has 1 fully saturated rings. The summed E-state index contributed by atoms with van der Waals surface area (Å²) in [6.45, 7) is 0. The minimum atomic E-state index is -1.02. The lowest BCUT2D eigenvalue weighted by molar-refractivity contribution is -0.0681. The molecule has 1 atom stereocenters. The van der Waals surface area contributed by atoms with Crippen molar-refractivity contribution >= 4 is 0 Å². The summed E-state index contributed by atoms with van der Waals surface area (Å²) in [5, 5.41) is 21.4. The summed E-state index contributed by atoms with van der Waals surface area (Å²) in [5.74, 6) is 0.760. The molecular weight excluding hydrogens is 262 g/mol. The van der Waals surface area contributed by atoms with Gasteiger partial charge in [-0.25, -0.2) is 0 Å². The monoisotopic (exact) mass is 285 g/mol. The van der Waals surface area contributed by atoms with E-state index in [9.17, 15) is 10.4 Å². The molecule has 1 aromatic rings. The topological polar surface area (TPSA) is 53.2 Å². The lowest BCUT2D eigenvalue weighted by atomic mass is 9.65. The molecule has 0 spiro atoms. The largest absolute Gasteiger partial charge is 0.497 e. The van der Waals surface area contributed by atoms with Crippen LogP contribution in [0.3, 0.4) is 0 Å². The van der Waals surface area contributed by atoms with Gasteiger partial charge in [-0.1, -0.05) is 31.7 Å². The van der Waals surface area contributed by atoms with Crippen molar-refractivity contribution in [1.29, 1.82) is 5.26 Å². The fourth-order valence-electron chi connectivity index (χ4n) is 4.18. The van der Waals surface area contributed by atoms with Crippen LogP contribution in [0.15, 0.2) is 18.2 Å². The maximum atomic E-state index is 11.5. The number of aryl methyl sites for hydroxylation is 1. The highest BCUT2D eigenvalue weighted by atomic mass is 16.5. The quantitative estimate of drug-likeness (QED) is 0.843. The van der Waals surface area contributed by atoms with Gasteiger partial charge in [0.25, 0.3) is 0 Å². The Morgan fingerprint density at radius 3 is 2.48 bits per heavy atom. The first-order valence-corrected chi connectivity index (χ1v) is 7.96. The molecule has 2 aliphatic carbocycles. The number of fused-ring (bicyclic) bond motifs is 1. The van der Waals surface area contributed by atoms with Crippen LogP contribution in [0.1, 0.15) is 56.1 Å². The van der Waals surface area contributed by atoms with E-state index in [1.54, 1.807) is 7.11 Å². The molecule has 0 aromatic heterocycles. The number of rotatable bonds is 2. The second-order valence-electron chi connectivity index (χ2n) is 6.49. The fraction of sp³-hybridized carbons (Fsp3) is 0.611. The Morgan fingerprint density at radius 1 is 1.14 bits per heavy atom. The number of methoxy groups -OCH3 is 1. The minimum absolute atomic E-state index is 0.638. The second-order valence-corrected chi connectivity index (χ2v) is 6.49. The van der Waals surface area contributed by atoms with E-state index < -0.39 is 11.0 Å². The van der Waals surface area contributed by atoms with Gasteiger partial charge in [0.2, 0.25) is 0 Å². The van der Waals surface area contributed by atoms with Crippen LogP contribution in [0.25, 0.3) is 0 Å². The number of hydrogen-bond acceptors (Lipinski definition) is 3. The number of benzene rings is 1. The number of aliphatic hydroxyl groups is 1. The molecule has 3 rings (SSSR count). The van der Waals surface area contributed by atoms with Crippen LogP contribution in [0.5, 0.6) is 5.75 Å². The van der Waals surface area contributed by atoms with Crippen molar-refractivity contribution in [2.24, 2.45) is 5.41 Å². The van der Waals surface area contributed by atoms with E-state index in [0.717, 1.165) is 49.0 Å². The predicted octanol–water partition coefficient (Wildman–Crippen LogP) is 3.69. The van der Waals surface area contributed by atoms with E-state index in [-0.39, 0.29) is 0 Å². The van der Waals surface area contributed by atoms with Crippen molar-refractivity contribution in [3.05, 3.63) is 29.3 Å². The van der Waals surface area contributed by atoms with Gasteiger partial charge in [-0.3, -0.25) is 0 Å². The average molecular weight is 285 g/mol. The zero-order chi connectivity index (χ0) is 14.9. The van der Waals surface area contributed by atoms with Crippen LogP contribution in [-0.4, -0.2) is 12.2 Å². The molecule has 0 amide bonds. The standard InChI is InChI=1S/C18H23NO2/c1-21-15-7-6-14-8-11-18(20,16(14)12-15)17(13-19)9-4-2-3-5-10-17/h6-7,12,20H,2-5,8-11H2,1H3. The van der Waals surface area contributed by atoms with Gasteiger partial charge in [0.05, 0.1) is 18.6 Å². The highest BCUT2D eigenvalue weighted by molar-refractivity contribution is 5.45. The molecule has 1 N–H and O–H groups in total. The molecule has 0 radical (unpaired) electrons. The van der Waals surface area contributed by atoms with Gasteiger partial charge >= 0.3 is 0 Å². The molecule has 3 heteroatoms. The highest BCUT2D eigenvalue weighted by Crippen LogP contribution is 2.55. The third kappa shape index (κ3) is 2.13. The minimum Gasteiger partial charge on any atom is -0.497 e. The Bertz CT molecular complexity index is 567. The lowest BCUT2D eigenvalue weighted by Crippen LogP contribution is -2.43. The molecule has 2 aliphatic rings. The SMILES string of the molecule is COc1ccc2c(c1)C(O)(C1(C#N)CCCCCC1)CC2. The van der Waals surface area contributed by atoms with Crippen molar-refractivity contribution in [1.82, 2.24) is 0 Å². The third-order valence-electron chi connectivity index (χ3n) is 5.48. The smallest absolute Gasteiger partial charge is 0.119 e. The summed E-state index contributed by atoms with van der Waals surface area (Å²) in [5.41, 5.74) is 0.430. The number of ether oxygens (including phenoxy) is 1. The zero-order valence-corrected chi connectivity index (χ0v) is 12.7. The maximum Gasteiger partial charge on any atom is 0.119 e. The fourth-order valence-corrected chi connectivity index (χ4v) is 4.18. The van der Waals surface area contributed by atoms with Crippen molar-refractivity contribution in [2.75, 3.05) is 7.11 Å². The van der Waals surface area contributed by atoms with Crippen molar-refractivity contribution in [2.45, 2.75) is 57.0 Å². The molecule has 1 unspecified atom stereocenters. The van der Waals surface area contributed by atoms with Crippen molar-refractivity contribution < 1.29 is 9.84 Å². The average Bonchev–Trinajstić information content (AvgIpc) is 2.72. The van der Waals surface area contributed by atoms with Gasteiger partial charge in [0.1, 0.15) is 11.4 Å². The summed E-state index contributed by atoms with van der Waals surface area (Å²) in [4.78, 5) is 0. The van der Waals surface area contributed by atoms with E-state index in [2.05, 4.69) is 6.07 Å². The molecule has 1 aromatic carbocycles. The summed E-state index contributed by atoms with van der Waals surface area (Å²) in [6.07, 6.45) is 7.52. The number of nitrogens with zero attached hydrogens (tertiary/aromatic N) is 1. The van der Waals surface area contributed by atoms with E-state index in [1.807, 2.05) is 18.2 Å². The van der Waals surface area contributed by atoms with Crippen LogP contribution in [0, 0.1) is 16.7 Å². The predicted molar refractivity (Wildman–Crippen MR) is 81.0 cm³/mol. The molecular formula is C18H23NO2. The van der Waals surface area contributed by atoms with Crippen LogP contribution >= 0.6 is 0 Å². The summed E-state index contributed by atoms with van der Waals surface area (Å²) in [6, 6.07) is 8.44. The van der Waals surface area contributed by atoms with Crippen LogP contribution in [0.2, 0.25) is 0 Å².